The minimum atomic E-state index is -1.55. The Morgan fingerprint density at radius 2 is 1.67 bits per heavy atom. The molecule has 4 aromatic rings. The van der Waals surface area contributed by atoms with E-state index in [1.54, 1.807) is 49.8 Å². The molecule has 12 heteroatoms. The minimum absolute atomic E-state index is 0.000730. The first-order valence-corrected chi connectivity index (χ1v) is 17.9. The lowest BCUT2D eigenvalue weighted by Crippen LogP contribution is -2.32. The third-order valence-electron chi connectivity index (χ3n) is 10.3. The van der Waals surface area contributed by atoms with Crippen molar-refractivity contribution in [1.82, 2.24) is 14.9 Å². The van der Waals surface area contributed by atoms with E-state index in [1.165, 1.54) is 12.2 Å². The Morgan fingerprint density at radius 3 is 2.31 bits per heavy atom. The maximum atomic E-state index is 14.0. The molecule has 3 aliphatic rings. The summed E-state index contributed by atoms with van der Waals surface area (Å²) in [4.78, 5) is 62.9. The molecule has 55 heavy (non-hydrogen) atoms. The van der Waals surface area contributed by atoms with Gasteiger partial charge in [0.2, 0.25) is 0 Å². The Kier molecular flexibility index (Phi) is 9.93. The summed E-state index contributed by atoms with van der Waals surface area (Å²) in [5.41, 5.74) is 5.02. The van der Waals surface area contributed by atoms with Gasteiger partial charge in [-0.15, -0.1) is 0 Å². The highest BCUT2D eigenvalue weighted by molar-refractivity contribution is 6.03. The average molecular weight is 741 g/mol. The van der Waals surface area contributed by atoms with Crippen molar-refractivity contribution in [2.45, 2.75) is 58.3 Å². The lowest BCUT2D eigenvalue weighted by atomic mass is 9.80. The highest BCUT2D eigenvalue weighted by atomic mass is 16.5. The van der Waals surface area contributed by atoms with Gasteiger partial charge in [-0.3, -0.25) is 14.6 Å². The number of carbonyl (C=O) groups is 3. The number of ether oxygens (including phenoxy) is 3. The number of pyridine rings is 2. The van der Waals surface area contributed by atoms with Gasteiger partial charge in [0, 0.05) is 34.1 Å². The fourth-order valence-electron chi connectivity index (χ4n) is 7.59. The van der Waals surface area contributed by atoms with E-state index in [1.807, 2.05) is 36.4 Å². The van der Waals surface area contributed by atoms with Crippen molar-refractivity contribution < 1.29 is 33.7 Å². The summed E-state index contributed by atoms with van der Waals surface area (Å²) in [5, 5.41) is 15.5. The van der Waals surface area contributed by atoms with Crippen molar-refractivity contribution in [2.75, 3.05) is 13.2 Å². The van der Waals surface area contributed by atoms with E-state index in [2.05, 4.69) is 18.5 Å². The zero-order chi connectivity index (χ0) is 39.0. The summed E-state index contributed by atoms with van der Waals surface area (Å²) in [6.45, 7) is 12.5. The molecule has 1 unspecified atom stereocenters. The number of dihydropyridines is 1. The number of nitrogens with zero attached hydrogens (tertiary/aromatic N) is 3. The Bertz CT molecular complexity index is 2410. The van der Waals surface area contributed by atoms with Crippen LogP contribution < -0.4 is 10.9 Å². The van der Waals surface area contributed by atoms with Crippen LogP contribution in [-0.4, -0.2) is 52.0 Å². The second-order valence-corrected chi connectivity index (χ2v) is 13.7. The zero-order valence-corrected chi connectivity index (χ0v) is 30.8. The maximum Gasteiger partial charge on any atom is 0.337 e. The van der Waals surface area contributed by atoms with Crippen molar-refractivity contribution in [2.24, 2.45) is 4.99 Å². The van der Waals surface area contributed by atoms with Crippen LogP contribution in [0, 0.1) is 0 Å². The first-order valence-electron chi connectivity index (χ1n) is 17.9. The van der Waals surface area contributed by atoms with Gasteiger partial charge in [-0.2, -0.15) is 0 Å². The molecule has 1 atom stereocenters. The Hall–Kier alpha value is -6.40. The summed E-state index contributed by atoms with van der Waals surface area (Å²) in [5.74, 6) is -2.53. The third kappa shape index (κ3) is 6.58. The Morgan fingerprint density at radius 1 is 1.02 bits per heavy atom. The second-order valence-electron chi connectivity index (χ2n) is 13.7. The fraction of sp³-hybridized carbons (Fsp3) is 0.256. The van der Waals surface area contributed by atoms with Gasteiger partial charge in [-0.05, 0) is 55.7 Å². The number of para-hydroxylation sites is 1. The van der Waals surface area contributed by atoms with Crippen LogP contribution in [-0.2, 0) is 47.3 Å². The number of fused-ring (bicyclic) bond motifs is 5. The molecule has 2 aromatic carbocycles. The summed E-state index contributed by atoms with van der Waals surface area (Å²) in [7, 11) is 0. The number of rotatable bonds is 10. The van der Waals surface area contributed by atoms with Gasteiger partial charge in [-0.1, -0.05) is 62.6 Å². The molecule has 3 aliphatic heterocycles. The molecular weight excluding hydrogens is 700 g/mol. The number of aromatic nitrogens is 2. The quantitative estimate of drug-likeness (QED) is 0.0763. The smallest absolute Gasteiger partial charge is 0.337 e. The standard InChI is InChI=1S/C43H40N4O8/c1-6-17-53-41(50)36-24(4)45-25(5)37(42(51)54-18-7-2)38(36)26-13-15-27(16-14-26)44-21-29-28-11-9-10-12-33(28)46-39-30(29)22-47-34(39)19-32-31(40(47)49)23-55-35(48)20-43(32,52)8-3/h6-7,9-16,19,21,38,45,52H,1-2,8,17-18,20,22-23H2,3-5H3. The van der Waals surface area contributed by atoms with Crippen LogP contribution in [0.5, 0.6) is 0 Å². The van der Waals surface area contributed by atoms with Crippen molar-refractivity contribution in [3.63, 3.8) is 0 Å². The molecule has 280 valence electrons. The van der Waals surface area contributed by atoms with Crippen LogP contribution in [0.1, 0.15) is 67.3 Å². The molecule has 2 N–H and O–H groups in total. The number of hydrogen-bond acceptors (Lipinski definition) is 11. The number of carbonyl (C=O) groups excluding carboxylic acids is 3. The summed E-state index contributed by atoms with van der Waals surface area (Å²) < 4.78 is 17.8. The molecule has 2 aromatic heterocycles. The Labute approximate surface area is 317 Å². The summed E-state index contributed by atoms with van der Waals surface area (Å²) in [6.07, 6.45) is 4.67. The van der Waals surface area contributed by atoms with Crippen LogP contribution in [0.4, 0.5) is 5.69 Å². The molecule has 0 amide bonds. The molecular formula is C43H40N4O8. The molecule has 0 aliphatic carbocycles. The van der Waals surface area contributed by atoms with Crippen molar-refractivity contribution >= 4 is 40.7 Å². The second kappa shape index (κ2) is 14.8. The van der Waals surface area contributed by atoms with E-state index < -0.39 is 29.4 Å². The van der Waals surface area contributed by atoms with Crippen LogP contribution >= 0.6 is 0 Å². The first-order chi connectivity index (χ1) is 26.5. The monoisotopic (exact) mass is 740 g/mol. The molecule has 7 rings (SSSR count). The van der Waals surface area contributed by atoms with E-state index in [-0.39, 0.29) is 61.5 Å². The molecule has 0 radical (unpaired) electrons. The predicted molar refractivity (Wildman–Crippen MR) is 206 cm³/mol. The molecule has 0 fully saturated rings. The van der Waals surface area contributed by atoms with Crippen molar-refractivity contribution in [1.29, 1.82) is 0 Å². The third-order valence-corrected chi connectivity index (χ3v) is 10.3. The van der Waals surface area contributed by atoms with Gasteiger partial charge >= 0.3 is 17.9 Å². The molecule has 0 saturated carbocycles. The number of aliphatic imine (C=N–C) groups is 1. The number of esters is 3. The molecule has 12 nitrogen and oxygen atoms in total. The Balaban J connectivity index is 1.28. The van der Waals surface area contributed by atoms with Crippen molar-refractivity contribution in [3.05, 3.63) is 141 Å². The number of allylic oxidation sites excluding steroid dienone is 2. The van der Waals surface area contributed by atoms with Crippen molar-refractivity contribution in [3.8, 4) is 11.4 Å². The number of aliphatic hydroxyl groups is 1. The summed E-state index contributed by atoms with van der Waals surface area (Å²) >= 11 is 0. The fourth-order valence-corrected chi connectivity index (χ4v) is 7.59. The average Bonchev–Trinajstić information content (AvgIpc) is 3.49. The topological polar surface area (TPSA) is 158 Å². The van der Waals surface area contributed by atoms with Gasteiger partial charge in [0.1, 0.15) is 25.4 Å². The van der Waals surface area contributed by atoms with E-state index in [0.29, 0.717) is 45.1 Å². The molecule has 0 bridgehead atoms. The predicted octanol–water partition coefficient (Wildman–Crippen LogP) is 5.91. The number of benzene rings is 2. The number of cyclic esters (lactones) is 1. The number of nitrogens with one attached hydrogen (secondary N) is 1. The first kappa shape index (κ1) is 36.9. The largest absolute Gasteiger partial charge is 0.460 e. The molecule has 0 spiro atoms. The van der Waals surface area contributed by atoms with Gasteiger partial charge in [-0.25, -0.2) is 14.6 Å². The van der Waals surface area contributed by atoms with E-state index in [9.17, 15) is 24.3 Å². The lowest BCUT2D eigenvalue weighted by Gasteiger charge is -2.30. The van der Waals surface area contributed by atoms with E-state index >= 15 is 0 Å². The zero-order valence-electron chi connectivity index (χ0n) is 30.8. The molecule has 5 heterocycles. The SMILES string of the molecule is C=CCOC(=O)C1=C(C)NC(C)=C(C(=O)OCC=C)C1c1ccc(N=Cc2c3c(nc4ccccc24)-c2cc4c(c(=O)n2C3)COC(=O)CC4(O)CC)cc1. The van der Waals surface area contributed by atoms with Crippen LogP contribution in [0.25, 0.3) is 22.3 Å². The minimum Gasteiger partial charge on any atom is -0.460 e. The van der Waals surface area contributed by atoms with Gasteiger partial charge in [0.25, 0.3) is 5.56 Å². The maximum absolute atomic E-state index is 14.0. The van der Waals surface area contributed by atoms with E-state index in [0.717, 1.165) is 16.5 Å². The normalized spacial score (nSPS) is 17.9. The van der Waals surface area contributed by atoms with Crippen LogP contribution in [0.15, 0.2) is 112 Å². The van der Waals surface area contributed by atoms with Gasteiger partial charge < -0.3 is 29.2 Å². The highest BCUT2D eigenvalue weighted by Gasteiger charge is 2.40. The lowest BCUT2D eigenvalue weighted by molar-refractivity contribution is -0.149. The highest BCUT2D eigenvalue weighted by Crippen LogP contribution is 2.42. The van der Waals surface area contributed by atoms with Crippen LogP contribution in [0.3, 0.4) is 0 Å². The van der Waals surface area contributed by atoms with Crippen LogP contribution in [0.2, 0.25) is 0 Å². The van der Waals surface area contributed by atoms with Gasteiger partial charge in [0.15, 0.2) is 0 Å². The van der Waals surface area contributed by atoms with E-state index in [4.69, 9.17) is 24.2 Å². The summed E-state index contributed by atoms with van der Waals surface area (Å²) in [6, 6.07) is 16.6. The molecule has 0 saturated heterocycles. The number of hydrogen-bond donors (Lipinski definition) is 2. The van der Waals surface area contributed by atoms with Gasteiger partial charge in [0.05, 0.1) is 58.2 Å².